The van der Waals surface area contributed by atoms with Crippen LogP contribution in [0.4, 0.5) is 5.69 Å². The van der Waals surface area contributed by atoms with E-state index in [1.807, 2.05) is 0 Å². The summed E-state index contributed by atoms with van der Waals surface area (Å²) in [7, 11) is 0. The number of hydrogen-bond donors (Lipinski definition) is 1. The molecule has 6 heteroatoms. The van der Waals surface area contributed by atoms with Crippen LogP contribution in [0.2, 0.25) is 0 Å². The third-order valence-electron chi connectivity index (χ3n) is 3.96. The zero-order chi connectivity index (χ0) is 16.4. The van der Waals surface area contributed by atoms with Crippen LogP contribution in [-0.2, 0) is 9.59 Å². The van der Waals surface area contributed by atoms with Gasteiger partial charge >= 0.3 is 0 Å². The van der Waals surface area contributed by atoms with Crippen LogP contribution in [0.5, 0.6) is 0 Å². The number of carbonyl (C=O) groups is 2. The summed E-state index contributed by atoms with van der Waals surface area (Å²) in [6, 6.07) is 4.70. The Morgan fingerprint density at radius 3 is 2.73 bits per heavy atom. The topological polar surface area (TPSA) is 97.5 Å². The lowest BCUT2D eigenvalue weighted by Crippen LogP contribution is -2.23. The maximum atomic E-state index is 11.9. The van der Waals surface area contributed by atoms with Crippen molar-refractivity contribution in [3.8, 4) is 0 Å². The van der Waals surface area contributed by atoms with Gasteiger partial charge in [-0.3, -0.25) is 19.7 Å². The number of nitro groups is 1. The second kappa shape index (κ2) is 6.09. The summed E-state index contributed by atoms with van der Waals surface area (Å²) in [5.41, 5.74) is 0.880. The van der Waals surface area contributed by atoms with Crippen LogP contribution in [0, 0.1) is 17.0 Å². The highest BCUT2D eigenvalue weighted by atomic mass is 16.6. The van der Waals surface area contributed by atoms with E-state index in [2.05, 4.69) is 0 Å². The van der Waals surface area contributed by atoms with Crippen molar-refractivity contribution in [2.24, 2.45) is 0 Å². The Morgan fingerprint density at radius 2 is 2.14 bits per heavy atom. The first-order valence-corrected chi connectivity index (χ1v) is 7.11. The summed E-state index contributed by atoms with van der Waals surface area (Å²) in [5, 5.41) is 21.4. The fraction of sp³-hybridized carbons (Fsp3) is 0.375. The molecule has 6 nitrogen and oxygen atoms in total. The van der Waals surface area contributed by atoms with Crippen molar-refractivity contribution in [1.29, 1.82) is 0 Å². The Kier molecular flexibility index (Phi) is 4.40. The van der Waals surface area contributed by atoms with Gasteiger partial charge in [0, 0.05) is 30.4 Å². The van der Waals surface area contributed by atoms with Crippen molar-refractivity contribution >= 4 is 17.3 Å². The van der Waals surface area contributed by atoms with E-state index in [1.165, 1.54) is 6.07 Å². The summed E-state index contributed by atoms with van der Waals surface area (Å²) < 4.78 is 0. The molecule has 0 heterocycles. The van der Waals surface area contributed by atoms with Gasteiger partial charge in [0.15, 0.2) is 11.6 Å². The lowest BCUT2D eigenvalue weighted by Gasteiger charge is -2.23. The van der Waals surface area contributed by atoms with Gasteiger partial charge in [0.1, 0.15) is 5.76 Å². The Morgan fingerprint density at radius 1 is 1.45 bits per heavy atom. The summed E-state index contributed by atoms with van der Waals surface area (Å²) >= 11 is 0. The second-order valence-corrected chi connectivity index (χ2v) is 5.35. The molecule has 1 atom stereocenters. The Labute approximate surface area is 127 Å². The number of aliphatic hydroxyl groups is 1. The van der Waals surface area contributed by atoms with Crippen molar-refractivity contribution < 1.29 is 19.6 Å². The van der Waals surface area contributed by atoms with Gasteiger partial charge in [-0.15, -0.1) is 0 Å². The van der Waals surface area contributed by atoms with Crippen molar-refractivity contribution in [1.82, 2.24) is 0 Å². The van der Waals surface area contributed by atoms with Crippen LogP contribution in [-0.4, -0.2) is 21.6 Å². The van der Waals surface area contributed by atoms with Crippen LogP contribution in [0.25, 0.3) is 0 Å². The monoisotopic (exact) mass is 303 g/mol. The number of nitro benzene ring substituents is 1. The van der Waals surface area contributed by atoms with E-state index in [9.17, 15) is 24.8 Å². The van der Waals surface area contributed by atoms with Crippen LogP contribution < -0.4 is 0 Å². The molecule has 0 aliphatic heterocycles. The van der Waals surface area contributed by atoms with Gasteiger partial charge in [-0.25, -0.2) is 0 Å². The molecule has 0 spiro atoms. The molecular formula is C16H17NO5. The standard InChI is InChI=1S/C16H17NO5/c1-3-13(18)15-14(19)7-6-11(16(15)20)10-5-4-9(2)12(8-10)17(21)22/h4-5,8,11,20H,3,6-7H2,1-2H3. The highest BCUT2D eigenvalue weighted by Crippen LogP contribution is 2.37. The molecule has 1 aromatic rings. The summed E-state index contributed by atoms with van der Waals surface area (Å²) in [6.45, 7) is 3.25. The molecule has 0 saturated heterocycles. The molecule has 0 aromatic heterocycles. The molecule has 1 aliphatic carbocycles. The predicted octanol–water partition coefficient (Wildman–Crippen LogP) is 3.14. The van der Waals surface area contributed by atoms with Gasteiger partial charge in [0.05, 0.1) is 10.5 Å². The quantitative estimate of drug-likeness (QED) is 0.523. The SMILES string of the molecule is CCC(=O)C1=C(O)C(c2ccc(C)c([N+](=O)[O-])c2)CCC1=O. The highest BCUT2D eigenvalue weighted by molar-refractivity contribution is 6.21. The smallest absolute Gasteiger partial charge is 0.272 e. The largest absolute Gasteiger partial charge is 0.511 e. The number of nitrogens with zero attached hydrogens (tertiary/aromatic N) is 1. The van der Waals surface area contributed by atoms with Crippen LogP contribution >= 0.6 is 0 Å². The molecule has 0 bridgehead atoms. The lowest BCUT2D eigenvalue weighted by molar-refractivity contribution is -0.385. The molecule has 1 unspecified atom stereocenters. The maximum absolute atomic E-state index is 11.9. The fourth-order valence-electron chi connectivity index (χ4n) is 2.69. The molecule has 0 fully saturated rings. The zero-order valence-corrected chi connectivity index (χ0v) is 12.5. The second-order valence-electron chi connectivity index (χ2n) is 5.35. The molecule has 1 aromatic carbocycles. The summed E-state index contributed by atoms with van der Waals surface area (Å²) in [5.74, 6) is -1.57. The maximum Gasteiger partial charge on any atom is 0.272 e. The molecule has 1 N–H and O–H groups in total. The van der Waals surface area contributed by atoms with Gasteiger partial charge in [-0.2, -0.15) is 0 Å². The van der Waals surface area contributed by atoms with Gasteiger partial charge in [-0.05, 0) is 18.9 Å². The van der Waals surface area contributed by atoms with Crippen molar-refractivity contribution in [2.75, 3.05) is 0 Å². The Balaban J connectivity index is 2.51. The van der Waals surface area contributed by atoms with E-state index in [0.717, 1.165) is 0 Å². The van der Waals surface area contributed by atoms with Gasteiger partial charge < -0.3 is 5.11 Å². The number of carbonyl (C=O) groups excluding carboxylic acids is 2. The van der Waals surface area contributed by atoms with E-state index < -0.39 is 16.6 Å². The van der Waals surface area contributed by atoms with E-state index in [0.29, 0.717) is 17.5 Å². The number of hydrogen-bond acceptors (Lipinski definition) is 5. The van der Waals surface area contributed by atoms with Gasteiger partial charge in [0.2, 0.25) is 0 Å². The summed E-state index contributed by atoms with van der Waals surface area (Å²) in [6.07, 6.45) is 0.620. The van der Waals surface area contributed by atoms with Gasteiger partial charge in [-0.1, -0.05) is 19.1 Å². The third-order valence-corrected chi connectivity index (χ3v) is 3.96. The number of rotatable bonds is 4. The first kappa shape index (κ1) is 15.9. The number of ketones is 2. The first-order chi connectivity index (χ1) is 10.4. The number of benzene rings is 1. The molecule has 2 rings (SSSR count). The minimum absolute atomic E-state index is 0.0365. The zero-order valence-electron chi connectivity index (χ0n) is 12.5. The minimum atomic E-state index is -0.553. The van der Waals surface area contributed by atoms with E-state index in [-0.39, 0.29) is 35.6 Å². The molecule has 1 aliphatic rings. The van der Waals surface area contributed by atoms with Crippen LogP contribution in [0.1, 0.15) is 43.2 Å². The van der Waals surface area contributed by atoms with E-state index >= 15 is 0 Å². The van der Waals surface area contributed by atoms with Gasteiger partial charge in [0.25, 0.3) is 5.69 Å². The van der Waals surface area contributed by atoms with Crippen molar-refractivity contribution in [2.45, 2.75) is 39.0 Å². The number of Topliss-reactive ketones (excluding diaryl/α,β-unsaturated/α-hetero) is 2. The molecule has 0 amide bonds. The summed E-state index contributed by atoms with van der Waals surface area (Å²) in [4.78, 5) is 34.3. The van der Waals surface area contributed by atoms with E-state index in [1.54, 1.807) is 26.0 Å². The Bertz CT molecular complexity index is 690. The molecule has 116 valence electrons. The Hall–Kier alpha value is -2.50. The van der Waals surface area contributed by atoms with Crippen molar-refractivity contribution in [3.05, 3.63) is 50.8 Å². The number of aliphatic hydroxyl groups excluding tert-OH is 1. The number of allylic oxidation sites excluding steroid dienone is 2. The van der Waals surface area contributed by atoms with Crippen LogP contribution in [0.15, 0.2) is 29.5 Å². The molecule has 0 saturated carbocycles. The molecule has 22 heavy (non-hydrogen) atoms. The normalized spacial score (nSPS) is 18.5. The molecular weight excluding hydrogens is 286 g/mol. The third kappa shape index (κ3) is 2.77. The highest BCUT2D eigenvalue weighted by Gasteiger charge is 2.33. The molecule has 0 radical (unpaired) electrons. The van der Waals surface area contributed by atoms with E-state index in [4.69, 9.17) is 0 Å². The first-order valence-electron chi connectivity index (χ1n) is 7.11. The predicted molar refractivity (Wildman–Crippen MR) is 79.8 cm³/mol. The average molecular weight is 303 g/mol. The van der Waals surface area contributed by atoms with Crippen LogP contribution in [0.3, 0.4) is 0 Å². The fourth-order valence-corrected chi connectivity index (χ4v) is 2.69. The minimum Gasteiger partial charge on any atom is -0.511 e. The lowest BCUT2D eigenvalue weighted by atomic mass is 9.81. The van der Waals surface area contributed by atoms with Crippen molar-refractivity contribution in [3.63, 3.8) is 0 Å². The number of aryl methyl sites for hydroxylation is 1. The average Bonchev–Trinajstić information content (AvgIpc) is 2.47.